The maximum absolute atomic E-state index is 13.0. The zero-order chi connectivity index (χ0) is 14.5. The zero-order valence-corrected chi connectivity index (χ0v) is 12.3. The number of piperazine rings is 1. The molecule has 0 bridgehead atoms. The van der Waals surface area contributed by atoms with Crippen molar-refractivity contribution in [1.29, 1.82) is 0 Å². The lowest BCUT2D eigenvalue weighted by molar-refractivity contribution is -0.116. The molecule has 0 spiro atoms. The van der Waals surface area contributed by atoms with Gasteiger partial charge >= 0.3 is 0 Å². The number of carbonyl (C=O) groups is 1. The lowest BCUT2D eigenvalue weighted by atomic mass is 10.2. The molecule has 1 aromatic rings. The van der Waals surface area contributed by atoms with Crippen molar-refractivity contribution in [3.05, 3.63) is 29.0 Å². The van der Waals surface area contributed by atoms with Crippen LogP contribution < -0.4 is 5.32 Å². The first-order valence-corrected chi connectivity index (χ1v) is 7.08. The number of likely N-dealkylation sites (N-methyl/N-ethyl adjacent to an activating group) is 1. The fourth-order valence-corrected chi connectivity index (χ4v) is 2.31. The second-order valence-electron chi connectivity index (χ2n) is 5.07. The fraction of sp³-hybridized carbons (Fsp3) is 0.500. The van der Waals surface area contributed by atoms with E-state index in [0.29, 0.717) is 12.1 Å². The van der Waals surface area contributed by atoms with Crippen molar-refractivity contribution < 1.29 is 9.18 Å². The highest BCUT2D eigenvalue weighted by molar-refractivity contribution is 6.31. The lowest BCUT2D eigenvalue weighted by Crippen LogP contribution is -2.45. The van der Waals surface area contributed by atoms with Crippen LogP contribution in [0.5, 0.6) is 0 Å². The summed E-state index contributed by atoms with van der Waals surface area (Å²) in [4.78, 5) is 16.4. The van der Waals surface area contributed by atoms with Gasteiger partial charge in [0.2, 0.25) is 5.91 Å². The molecule has 1 heterocycles. The second kappa shape index (κ2) is 7.02. The first kappa shape index (κ1) is 15.2. The molecule has 2 rings (SSSR count). The Morgan fingerprint density at radius 1 is 1.35 bits per heavy atom. The summed E-state index contributed by atoms with van der Waals surface area (Å²) in [6, 6.07) is 4.18. The minimum Gasteiger partial charge on any atom is -0.326 e. The normalized spacial score (nSPS) is 17.1. The van der Waals surface area contributed by atoms with E-state index in [-0.39, 0.29) is 10.9 Å². The number of carbonyl (C=O) groups excluding carboxylic acids is 1. The monoisotopic (exact) mass is 299 g/mol. The molecule has 20 heavy (non-hydrogen) atoms. The van der Waals surface area contributed by atoms with Gasteiger partial charge in [-0.25, -0.2) is 4.39 Å². The summed E-state index contributed by atoms with van der Waals surface area (Å²) < 4.78 is 13.0. The summed E-state index contributed by atoms with van der Waals surface area (Å²) in [7, 11) is 2.10. The molecular formula is C14H19ClFN3O. The van der Waals surface area contributed by atoms with Gasteiger partial charge in [-0.05, 0) is 25.2 Å². The molecule has 1 aliphatic heterocycles. The molecule has 0 aromatic heterocycles. The third kappa shape index (κ3) is 4.44. The molecule has 1 N–H and O–H groups in total. The maximum atomic E-state index is 13.0. The molecule has 4 nitrogen and oxygen atoms in total. The highest BCUT2D eigenvalue weighted by atomic mass is 35.5. The van der Waals surface area contributed by atoms with Crippen LogP contribution in [0.1, 0.15) is 6.42 Å². The summed E-state index contributed by atoms with van der Waals surface area (Å²) in [6.45, 7) is 4.80. The predicted octanol–water partition coefficient (Wildman–Crippen LogP) is 2.06. The van der Waals surface area contributed by atoms with Crippen molar-refractivity contribution in [2.75, 3.05) is 45.1 Å². The first-order valence-electron chi connectivity index (χ1n) is 6.70. The van der Waals surface area contributed by atoms with Crippen LogP contribution in [-0.2, 0) is 4.79 Å². The topological polar surface area (TPSA) is 35.6 Å². The molecule has 1 amide bonds. The first-order chi connectivity index (χ1) is 9.54. The molecule has 0 saturated carbocycles. The number of halogens is 2. The van der Waals surface area contributed by atoms with E-state index in [4.69, 9.17) is 11.6 Å². The highest BCUT2D eigenvalue weighted by Crippen LogP contribution is 2.19. The van der Waals surface area contributed by atoms with E-state index in [1.165, 1.54) is 18.2 Å². The number of nitrogens with one attached hydrogen (secondary N) is 1. The van der Waals surface area contributed by atoms with E-state index < -0.39 is 5.82 Å². The molecule has 1 saturated heterocycles. The van der Waals surface area contributed by atoms with Crippen molar-refractivity contribution in [2.24, 2.45) is 0 Å². The second-order valence-corrected chi connectivity index (χ2v) is 5.48. The van der Waals surface area contributed by atoms with Gasteiger partial charge in [-0.3, -0.25) is 4.79 Å². The van der Waals surface area contributed by atoms with Crippen molar-refractivity contribution in [3.63, 3.8) is 0 Å². The molecule has 110 valence electrons. The number of benzene rings is 1. The number of rotatable bonds is 4. The summed E-state index contributed by atoms with van der Waals surface area (Å²) >= 11 is 5.67. The smallest absolute Gasteiger partial charge is 0.225 e. The number of amides is 1. The average Bonchev–Trinajstić information content (AvgIpc) is 2.42. The van der Waals surface area contributed by atoms with E-state index in [0.717, 1.165) is 32.7 Å². The van der Waals surface area contributed by atoms with Crippen LogP contribution in [0.25, 0.3) is 0 Å². The summed E-state index contributed by atoms with van der Waals surface area (Å²) in [5.41, 5.74) is 0.528. The molecule has 0 atom stereocenters. The van der Waals surface area contributed by atoms with Crippen LogP contribution in [0.3, 0.4) is 0 Å². The van der Waals surface area contributed by atoms with Crippen LogP contribution in [0, 0.1) is 5.82 Å². The SMILES string of the molecule is CN1CCN(CCC(=O)Nc2ccc(F)c(Cl)c2)CC1. The molecule has 0 unspecified atom stereocenters. The van der Waals surface area contributed by atoms with Gasteiger partial charge < -0.3 is 15.1 Å². The van der Waals surface area contributed by atoms with E-state index in [9.17, 15) is 9.18 Å². The zero-order valence-electron chi connectivity index (χ0n) is 11.5. The summed E-state index contributed by atoms with van der Waals surface area (Å²) in [6.07, 6.45) is 0.429. The van der Waals surface area contributed by atoms with Gasteiger partial charge in [-0.15, -0.1) is 0 Å². The van der Waals surface area contributed by atoms with Gasteiger partial charge in [0.25, 0.3) is 0 Å². The Bertz CT molecular complexity index is 475. The Morgan fingerprint density at radius 3 is 2.70 bits per heavy atom. The average molecular weight is 300 g/mol. The quantitative estimate of drug-likeness (QED) is 0.924. The molecule has 0 aliphatic carbocycles. The Labute approximate surface area is 123 Å². The number of hydrogen-bond donors (Lipinski definition) is 1. The number of nitrogens with zero attached hydrogens (tertiary/aromatic N) is 2. The Morgan fingerprint density at radius 2 is 2.05 bits per heavy atom. The molecular weight excluding hydrogens is 281 g/mol. The lowest BCUT2D eigenvalue weighted by Gasteiger charge is -2.32. The van der Waals surface area contributed by atoms with Crippen molar-refractivity contribution >= 4 is 23.2 Å². The largest absolute Gasteiger partial charge is 0.326 e. The molecule has 0 radical (unpaired) electrons. The minimum atomic E-state index is -0.484. The molecule has 1 aliphatic rings. The van der Waals surface area contributed by atoms with E-state index in [1.807, 2.05) is 0 Å². The van der Waals surface area contributed by atoms with Crippen molar-refractivity contribution in [1.82, 2.24) is 9.80 Å². The molecule has 1 aromatic carbocycles. The van der Waals surface area contributed by atoms with E-state index >= 15 is 0 Å². The molecule has 1 fully saturated rings. The van der Waals surface area contributed by atoms with Crippen molar-refractivity contribution in [3.8, 4) is 0 Å². The van der Waals surface area contributed by atoms with Crippen LogP contribution in [0.15, 0.2) is 18.2 Å². The molecule has 6 heteroatoms. The van der Waals surface area contributed by atoms with Gasteiger partial charge in [0.15, 0.2) is 0 Å². The maximum Gasteiger partial charge on any atom is 0.225 e. The predicted molar refractivity (Wildman–Crippen MR) is 78.6 cm³/mol. The third-order valence-corrected chi connectivity index (χ3v) is 3.74. The van der Waals surface area contributed by atoms with Crippen LogP contribution in [-0.4, -0.2) is 55.5 Å². The van der Waals surface area contributed by atoms with Gasteiger partial charge in [-0.1, -0.05) is 11.6 Å². The number of hydrogen-bond acceptors (Lipinski definition) is 3. The summed E-state index contributed by atoms with van der Waals surface area (Å²) in [5.74, 6) is -0.561. The van der Waals surface area contributed by atoms with E-state index in [1.54, 1.807) is 0 Å². The van der Waals surface area contributed by atoms with Gasteiger partial charge in [0.1, 0.15) is 5.82 Å². The third-order valence-electron chi connectivity index (χ3n) is 3.45. The Hall–Kier alpha value is -1.17. The number of anilines is 1. The van der Waals surface area contributed by atoms with E-state index in [2.05, 4.69) is 22.2 Å². The summed E-state index contributed by atoms with van der Waals surface area (Å²) in [5, 5.41) is 2.75. The highest BCUT2D eigenvalue weighted by Gasteiger charge is 2.14. The minimum absolute atomic E-state index is 0.0156. The van der Waals surface area contributed by atoms with Gasteiger partial charge in [0.05, 0.1) is 5.02 Å². The standard InChI is InChI=1S/C14H19ClFN3O/c1-18-6-8-19(9-7-18)5-4-14(20)17-11-2-3-13(16)12(15)10-11/h2-3,10H,4-9H2,1H3,(H,17,20). The van der Waals surface area contributed by atoms with Gasteiger partial charge in [-0.2, -0.15) is 0 Å². The Balaban J connectivity index is 1.76. The Kier molecular flexibility index (Phi) is 5.34. The van der Waals surface area contributed by atoms with Gasteiger partial charge in [0, 0.05) is 44.8 Å². The fourth-order valence-electron chi connectivity index (χ4n) is 2.13. The van der Waals surface area contributed by atoms with Crippen LogP contribution >= 0.6 is 11.6 Å². The van der Waals surface area contributed by atoms with Crippen LogP contribution in [0.2, 0.25) is 5.02 Å². The van der Waals surface area contributed by atoms with Crippen molar-refractivity contribution in [2.45, 2.75) is 6.42 Å². The van der Waals surface area contributed by atoms with Crippen LogP contribution in [0.4, 0.5) is 10.1 Å².